The van der Waals surface area contributed by atoms with E-state index in [0.717, 1.165) is 0 Å². The molecule has 36 heavy (non-hydrogen) atoms. The lowest BCUT2D eigenvalue weighted by atomic mass is 10.0. The summed E-state index contributed by atoms with van der Waals surface area (Å²) < 4.78 is 0. The van der Waals surface area contributed by atoms with Crippen LogP contribution in [0.3, 0.4) is 0 Å². The molecule has 0 aromatic rings. The summed E-state index contributed by atoms with van der Waals surface area (Å²) in [6.07, 6.45) is 42.7. The third-order valence-electron chi connectivity index (χ3n) is 8.45. The molecule has 0 radical (unpaired) electrons. The first kappa shape index (κ1) is 33.4. The van der Waals surface area contributed by atoms with Crippen molar-refractivity contribution >= 4 is 0 Å². The minimum Gasteiger partial charge on any atom is -0.356 e. The summed E-state index contributed by atoms with van der Waals surface area (Å²) >= 11 is 0. The van der Waals surface area contributed by atoms with E-state index in [1.165, 1.54) is 180 Å². The molecule has 0 spiro atoms. The molecule has 2 nitrogen and oxygen atoms in total. The number of hydrogen-bond donors (Lipinski definition) is 0. The first-order valence-corrected chi connectivity index (χ1v) is 17.0. The topological polar surface area (TPSA) is 6.48 Å². The normalized spacial score (nSPS) is 15.5. The molecule has 0 aliphatic carbocycles. The summed E-state index contributed by atoms with van der Waals surface area (Å²) in [6, 6.07) is 0. The second-order valence-corrected chi connectivity index (χ2v) is 11.9. The Bertz CT molecular complexity index is 460. The fraction of sp³-hybridized carbons (Fsp3) is 0.941. The smallest absolute Gasteiger partial charge is 0.0977 e. The van der Waals surface area contributed by atoms with Crippen molar-refractivity contribution in [2.45, 2.75) is 194 Å². The third kappa shape index (κ3) is 19.5. The standard InChI is InChI=1S/C34H68N2/c1-4-6-8-10-12-14-16-17-18-19-21-23-25-27-29-31-36-33-32-35(34(36)3)30-28-26-24-22-20-15-13-11-9-7-5-2/h32-34H,4-31H2,1-3H3. The van der Waals surface area contributed by atoms with E-state index in [-0.39, 0.29) is 0 Å². The zero-order valence-corrected chi connectivity index (χ0v) is 25.4. The largest absolute Gasteiger partial charge is 0.356 e. The molecule has 0 bridgehead atoms. The van der Waals surface area contributed by atoms with Crippen LogP contribution >= 0.6 is 0 Å². The molecule has 2 heteroatoms. The Hall–Kier alpha value is -0.660. The Kier molecular flexibility index (Phi) is 24.1. The van der Waals surface area contributed by atoms with Gasteiger partial charge in [-0.1, -0.05) is 168 Å². The van der Waals surface area contributed by atoms with Crippen LogP contribution in [0.2, 0.25) is 0 Å². The van der Waals surface area contributed by atoms with E-state index >= 15 is 0 Å². The maximum absolute atomic E-state index is 2.57. The van der Waals surface area contributed by atoms with Crippen molar-refractivity contribution < 1.29 is 0 Å². The maximum Gasteiger partial charge on any atom is 0.0977 e. The lowest BCUT2D eigenvalue weighted by Gasteiger charge is -2.30. The van der Waals surface area contributed by atoms with Gasteiger partial charge in [-0.3, -0.25) is 0 Å². The second kappa shape index (κ2) is 26.0. The number of nitrogens with zero attached hydrogens (tertiary/aromatic N) is 2. The zero-order valence-electron chi connectivity index (χ0n) is 25.4. The van der Waals surface area contributed by atoms with Gasteiger partial charge >= 0.3 is 0 Å². The van der Waals surface area contributed by atoms with Crippen molar-refractivity contribution in [3.8, 4) is 0 Å². The van der Waals surface area contributed by atoms with E-state index in [1.54, 1.807) is 0 Å². The summed E-state index contributed by atoms with van der Waals surface area (Å²) in [6.45, 7) is 9.48. The maximum atomic E-state index is 2.57. The van der Waals surface area contributed by atoms with Crippen LogP contribution in [0.5, 0.6) is 0 Å². The molecule has 1 aliphatic heterocycles. The van der Waals surface area contributed by atoms with Crippen LogP contribution < -0.4 is 0 Å². The van der Waals surface area contributed by atoms with Gasteiger partial charge in [-0.15, -0.1) is 0 Å². The first-order valence-electron chi connectivity index (χ1n) is 17.0. The quantitative estimate of drug-likeness (QED) is 0.0977. The monoisotopic (exact) mass is 505 g/mol. The summed E-state index contributed by atoms with van der Waals surface area (Å²) in [7, 11) is 0. The minimum atomic E-state index is 0.569. The Balaban J connectivity index is 1.83. The summed E-state index contributed by atoms with van der Waals surface area (Å²) in [5.74, 6) is 0. The Morgan fingerprint density at radius 2 is 0.583 bits per heavy atom. The van der Waals surface area contributed by atoms with Crippen molar-refractivity contribution in [1.29, 1.82) is 0 Å². The molecule has 0 N–H and O–H groups in total. The molecular formula is C34H68N2. The first-order chi connectivity index (χ1) is 17.8. The zero-order chi connectivity index (χ0) is 25.9. The lowest BCUT2D eigenvalue weighted by molar-refractivity contribution is 0.165. The third-order valence-corrected chi connectivity index (χ3v) is 8.45. The van der Waals surface area contributed by atoms with Crippen LogP contribution in [-0.4, -0.2) is 29.1 Å². The van der Waals surface area contributed by atoms with E-state index in [2.05, 4.69) is 43.0 Å². The van der Waals surface area contributed by atoms with Crippen LogP contribution in [-0.2, 0) is 0 Å². The average molecular weight is 505 g/mol. The minimum absolute atomic E-state index is 0.569. The molecule has 1 atom stereocenters. The van der Waals surface area contributed by atoms with Crippen LogP contribution in [0.15, 0.2) is 12.4 Å². The molecular weight excluding hydrogens is 436 g/mol. The van der Waals surface area contributed by atoms with Gasteiger partial charge in [0.15, 0.2) is 0 Å². The van der Waals surface area contributed by atoms with Gasteiger partial charge in [-0.2, -0.15) is 0 Å². The molecule has 0 saturated heterocycles. The fourth-order valence-electron chi connectivity index (χ4n) is 5.76. The SMILES string of the molecule is CCCCCCCCCCCCCCCCCN1C=CN(CCCCCCCCCCCCC)C1C. The highest BCUT2D eigenvalue weighted by atomic mass is 15.4. The highest BCUT2D eigenvalue weighted by Gasteiger charge is 2.20. The van der Waals surface area contributed by atoms with E-state index in [4.69, 9.17) is 0 Å². The van der Waals surface area contributed by atoms with Crippen molar-refractivity contribution in [2.24, 2.45) is 0 Å². The van der Waals surface area contributed by atoms with Crippen LogP contribution in [0, 0.1) is 0 Å². The van der Waals surface area contributed by atoms with E-state index < -0.39 is 0 Å². The van der Waals surface area contributed by atoms with Crippen molar-refractivity contribution in [3.63, 3.8) is 0 Å². The van der Waals surface area contributed by atoms with E-state index in [0.29, 0.717) is 6.17 Å². The van der Waals surface area contributed by atoms with E-state index in [1.807, 2.05) is 0 Å². The number of unbranched alkanes of at least 4 members (excludes halogenated alkanes) is 24. The molecule has 1 unspecified atom stereocenters. The predicted octanol–water partition coefficient (Wildman–Crippen LogP) is 11.6. The Labute approximate surface area is 229 Å². The van der Waals surface area contributed by atoms with Gasteiger partial charge in [0.2, 0.25) is 0 Å². The van der Waals surface area contributed by atoms with Gasteiger partial charge in [0.25, 0.3) is 0 Å². The highest BCUT2D eigenvalue weighted by Crippen LogP contribution is 2.19. The van der Waals surface area contributed by atoms with Crippen molar-refractivity contribution in [1.82, 2.24) is 9.80 Å². The summed E-state index contributed by atoms with van der Waals surface area (Å²) in [5.41, 5.74) is 0. The number of rotatable bonds is 28. The second-order valence-electron chi connectivity index (χ2n) is 11.9. The predicted molar refractivity (Wildman–Crippen MR) is 163 cm³/mol. The molecule has 0 amide bonds. The Morgan fingerprint density at radius 1 is 0.361 bits per heavy atom. The molecule has 214 valence electrons. The molecule has 1 rings (SSSR count). The lowest BCUT2D eigenvalue weighted by Crippen LogP contribution is -2.36. The van der Waals surface area contributed by atoms with Gasteiger partial charge in [0.1, 0.15) is 0 Å². The average Bonchev–Trinajstić information content (AvgIpc) is 3.23. The van der Waals surface area contributed by atoms with Crippen molar-refractivity contribution in [2.75, 3.05) is 13.1 Å². The Morgan fingerprint density at radius 3 is 0.833 bits per heavy atom. The summed E-state index contributed by atoms with van der Waals surface area (Å²) in [5, 5.41) is 0. The fourth-order valence-corrected chi connectivity index (χ4v) is 5.76. The molecule has 0 aromatic carbocycles. The number of hydrogen-bond acceptors (Lipinski definition) is 2. The molecule has 0 fully saturated rings. The van der Waals surface area contributed by atoms with Crippen molar-refractivity contribution in [3.05, 3.63) is 12.4 Å². The van der Waals surface area contributed by atoms with Crippen LogP contribution in [0.4, 0.5) is 0 Å². The molecule has 0 aromatic heterocycles. The van der Waals surface area contributed by atoms with E-state index in [9.17, 15) is 0 Å². The molecule has 0 saturated carbocycles. The summed E-state index contributed by atoms with van der Waals surface area (Å²) in [4.78, 5) is 5.14. The van der Waals surface area contributed by atoms with Gasteiger partial charge in [0, 0.05) is 25.5 Å². The molecule has 1 aliphatic rings. The highest BCUT2D eigenvalue weighted by molar-refractivity contribution is 4.95. The van der Waals surface area contributed by atoms with Gasteiger partial charge in [-0.05, 0) is 19.8 Å². The van der Waals surface area contributed by atoms with Gasteiger partial charge < -0.3 is 9.80 Å². The van der Waals surface area contributed by atoms with Gasteiger partial charge in [-0.25, -0.2) is 0 Å². The van der Waals surface area contributed by atoms with Crippen LogP contribution in [0.1, 0.15) is 188 Å². The van der Waals surface area contributed by atoms with Gasteiger partial charge in [0.05, 0.1) is 6.17 Å². The van der Waals surface area contributed by atoms with Crippen LogP contribution in [0.25, 0.3) is 0 Å². The molecule has 1 heterocycles.